The van der Waals surface area contributed by atoms with Crippen LogP contribution in [0.3, 0.4) is 0 Å². The summed E-state index contributed by atoms with van der Waals surface area (Å²) >= 11 is 0. The van der Waals surface area contributed by atoms with E-state index in [-0.39, 0.29) is 23.1 Å². The number of nitrogens with one attached hydrogen (secondary N) is 2. The minimum absolute atomic E-state index is 0.00791. The van der Waals surface area contributed by atoms with Crippen LogP contribution in [0.1, 0.15) is 41.7 Å². The first-order chi connectivity index (χ1) is 14.4. The lowest BCUT2D eigenvalue weighted by Gasteiger charge is -2.21. The summed E-state index contributed by atoms with van der Waals surface area (Å²) in [5.41, 5.74) is 2.45. The molecule has 0 bridgehead atoms. The maximum atomic E-state index is 12.9. The van der Waals surface area contributed by atoms with Gasteiger partial charge < -0.3 is 14.7 Å². The first-order valence-electron chi connectivity index (χ1n) is 9.74. The van der Waals surface area contributed by atoms with E-state index < -0.39 is 6.04 Å². The number of nitrogens with zero attached hydrogens (tertiary/aromatic N) is 2. The predicted molar refractivity (Wildman–Crippen MR) is 114 cm³/mol. The highest BCUT2D eigenvalue weighted by Gasteiger charge is 2.24. The number of rotatable bonds is 5. The van der Waals surface area contributed by atoms with Crippen molar-refractivity contribution >= 4 is 16.9 Å². The highest BCUT2D eigenvalue weighted by Crippen LogP contribution is 2.24. The van der Waals surface area contributed by atoms with Crippen molar-refractivity contribution < 1.29 is 9.21 Å². The maximum absolute atomic E-state index is 12.9. The van der Waals surface area contributed by atoms with E-state index in [4.69, 9.17) is 4.42 Å². The average molecular weight is 402 g/mol. The number of hydrogen-bond acceptors (Lipinski definition) is 5. The van der Waals surface area contributed by atoms with Crippen LogP contribution < -0.4 is 10.9 Å². The molecule has 0 radical (unpaired) electrons. The number of aromatic nitrogens is 3. The van der Waals surface area contributed by atoms with E-state index >= 15 is 0 Å². The molecule has 3 aromatic heterocycles. The zero-order chi connectivity index (χ0) is 21.3. The maximum Gasteiger partial charge on any atom is 0.287 e. The predicted octanol–water partition coefficient (Wildman–Crippen LogP) is 4.01. The lowest BCUT2D eigenvalue weighted by atomic mass is 10.0. The molecular formula is C23H22N4O3. The Bertz CT molecular complexity index is 1260. The van der Waals surface area contributed by atoms with Crippen LogP contribution in [0.25, 0.3) is 22.5 Å². The van der Waals surface area contributed by atoms with Crippen LogP contribution in [0, 0.1) is 12.8 Å². The van der Waals surface area contributed by atoms with Gasteiger partial charge >= 0.3 is 0 Å². The third-order valence-electron chi connectivity index (χ3n) is 4.84. The number of amides is 1. The molecule has 3 heterocycles. The van der Waals surface area contributed by atoms with E-state index in [1.807, 2.05) is 45.0 Å². The zero-order valence-corrected chi connectivity index (χ0v) is 17.0. The topological polar surface area (TPSA) is 101 Å². The van der Waals surface area contributed by atoms with Crippen molar-refractivity contribution in [3.05, 3.63) is 82.1 Å². The van der Waals surface area contributed by atoms with Crippen LogP contribution >= 0.6 is 0 Å². The highest BCUT2D eigenvalue weighted by molar-refractivity contribution is 5.96. The van der Waals surface area contributed by atoms with Gasteiger partial charge in [0.25, 0.3) is 11.5 Å². The van der Waals surface area contributed by atoms with Gasteiger partial charge in [-0.15, -0.1) is 0 Å². The van der Waals surface area contributed by atoms with E-state index in [1.165, 1.54) is 6.07 Å². The van der Waals surface area contributed by atoms with Gasteiger partial charge in [-0.3, -0.25) is 14.6 Å². The summed E-state index contributed by atoms with van der Waals surface area (Å²) in [5, 5.41) is 3.83. The zero-order valence-electron chi connectivity index (χ0n) is 17.0. The molecule has 1 amide bonds. The van der Waals surface area contributed by atoms with E-state index in [0.717, 1.165) is 10.9 Å². The summed E-state index contributed by atoms with van der Waals surface area (Å²) < 4.78 is 5.71. The summed E-state index contributed by atoms with van der Waals surface area (Å²) in [6, 6.07) is 13.8. The molecule has 0 spiro atoms. The molecule has 0 aliphatic rings. The standard InChI is InChI=1S/C23H22N4O3/c1-13(2)21(17-12-20(28)26-22(25-17)16-6-4-5-9-24-16)27-23(29)19-11-15-10-14(3)7-8-18(15)30-19/h4-13,21H,1-3H3,(H,27,29)(H,25,26,28)/t21-/m1/s1. The first kappa shape index (κ1) is 19.6. The Kier molecular flexibility index (Phi) is 5.18. The molecule has 0 unspecified atom stereocenters. The van der Waals surface area contributed by atoms with Gasteiger partial charge in [-0.2, -0.15) is 0 Å². The smallest absolute Gasteiger partial charge is 0.287 e. The second-order valence-corrected chi connectivity index (χ2v) is 7.58. The van der Waals surface area contributed by atoms with Gasteiger partial charge in [-0.05, 0) is 43.2 Å². The van der Waals surface area contributed by atoms with Gasteiger partial charge in [0.1, 0.15) is 11.3 Å². The number of carbonyl (C=O) groups excluding carboxylic acids is 1. The normalized spacial score (nSPS) is 12.3. The number of benzene rings is 1. The van der Waals surface area contributed by atoms with Crippen molar-refractivity contribution in [3.8, 4) is 11.5 Å². The van der Waals surface area contributed by atoms with E-state index in [9.17, 15) is 9.59 Å². The summed E-state index contributed by atoms with van der Waals surface area (Å²) in [4.78, 5) is 36.7. The van der Waals surface area contributed by atoms with Crippen LogP contribution in [0.4, 0.5) is 0 Å². The second kappa shape index (κ2) is 7.94. The highest BCUT2D eigenvalue weighted by atomic mass is 16.3. The van der Waals surface area contributed by atoms with Crippen LogP contribution in [0.2, 0.25) is 0 Å². The van der Waals surface area contributed by atoms with Crippen molar-refractivity contribution in [1.29, 1.82) is 0 Å². The molecule has 7 heteroatoms. The van der Waals surface area contributed by atoms with Gasteiger partial charge in [-0.1, -0.05) is 31.5 Å². The number of fused-ring (bicyclic) bond motifs is 1. The Hall–Kier alpha value is -3.74. The van der Waals surface area contributed by atoms with Crippen LogP contribution in [0.15, 0.2) is 63.9 Å². The number of aromatic amines is 1. The molecule has 30 heavy (non-hydrogen) atoms. The Morgan fingerprint density at radius 1 is 1.13 bits per heavy atom. The molecule has 0 saturated heterocycles. The third-order valence-corrected chi connectivity index (χ3v) is 4.84. The van der Waals surface area contributed by atoms with Gasteiger partial charge in [0.15, 0.2) is 11.6 Å². The fraction of sp³-hybridized carbons (Fsp3) is 0.217. The number of carbonyl (C=O) groups is 1. The lowest BCUT2D eigenvalue weighted by Crippen LogP contribution is -2.33. The molecule has 0 aliphatic heterocycles. The second-order valence-electron chi connectivity index (χ2n) is 7.58. The van der Waals surface area contributed by atoms with Gasteiger partial charge in [-0.25, -0.2) is 4.98 Å². The van der Waals surface area contributed by atoms with Crippen LogP contribution in [-0.4, -0.2) is 20.9 Å². The van der Waals surface area contributed by atoms with Gasteiger partial charge in [0.05, 0.1) is 11.7 Å². The molecule has 4 rings (SSSR count). The number of hydrogen-bond donors (Lipinski definition) is 2. The number of H-pyrrole nitrogens is 1. The van der Waals surface area contributed by atoms with E-state index in [1.54, 1.807) is 24.4 Å². The Labute approximate surface area is 173 Å². The van der Waals surface area contributed by atoms with Crippen molar-refractivity contribution in [2.24, 2.45) is 5.92 Å². The number of aryl methyl sites for hydroxylation is 1. The fourth-order valence-corrected chi connectivity index (χ4v) is 3.33. The molecule has 7 nitrogen and oxygen atoms in total. The SMILES string of the molecule is Cc1ccc2oc(C(=O)N[C@@H](c3cc(=O)[nH]c(-c4ccccn4)n3)C(C)C)cc2c1. The summed E-state index contributed by atoms with van der Waals surface area (Å²) in [5.74, 6) is 0.212. The van der Waals surface area contributed by atoms with E-state index in [0.29, 0.717) is 22.8 Å². The Morgan fingerprint density at radius 3 is 2.70 bits per heavy atom. The molecule has 0 fully saturated rings. The quantitative estimate of drug-likeness (QED) is 0.525. The lowest BCUT2D eigenvalue weighted by molar-refractivity contribution is 0.0898. The summed E-state index contributed by atoms with van der Waals surface area (Å²) in [7, 11) is 0. The first-order valence-corrected chi connectivity index (χ1v) is 9.74. The van der Waals surface area contributed by atoms with Crippen LogP contribution in [-0.2, 0) is 0 Å². The summed E-state index contributed by atoms with van der Waals surface area (Å²) in [6.07, 6.45) is 1.63. The van der Waals surface area contributed by atoms with Crippen LogP contribution in [0.5, 0.6) is 0 Å². The molecule has 4 aromatic rings. The number of furan rings is 1. The van der Waals surface area contributed by atoms with Gasteiger partial charge in [0.2, 0.25) is 0 Å². The molecule has 0 aliphatic carbocycles. The molecule has 1 atom stereocenters. The largest absolute Gasteiger partial charge is 0.451 e. The van der Waals surface area contributed by atoms with Crippen molar-refractivity contribution in [2.45, 2.75) is 26.8 Å². The molecule has 152 valence electrons. The van der Waals surface area contributed by atoms with Crippen molar-refractivity contribution in [3.63, 3.8) is 0 Å². The number of pyridine rings is 1. The Morgan fingerprint density at radius 2 is 1.97 bits per heavy atom. The van der Waals surface area contributed by atoms with Gasteiger partial charge in [0, 0.05) is 17.6 Å². The Balaban J connectivity index is 1.66. The monoisotopic (exact) mass is 402 g/mol. The van der Waals surface area contributed by atoms with E-state index in [2.05, 4.69) is 20.3 Å². The summed E-state index contributed by atoms with van der Waals surface area (Å²) in [6.45, 7) is 5.89. The fourth-order valence-electron chi connectivity index (χ4n) is 3.33. The van der Waals surface area contributed by atoms with Crippen molar-refractivity contribution in [1.82, 2.24) is 20.3 Å². The third kappa shape index (κ3) is 4.00. The molecule has 2 N–H and O–H groups in total. The average Bonchev–Trinajstić information content (AvgIpc) is 3.15. The molecular weight excluding hydrogens is 380 g/mol. The minimum Gasteiger partial charge on any atom is -0.451 e. The van der Waals surface area contributed by atoms with Crippen molar-refractivity contribution in [2.75, 3.05) is 0 Å². The minimum atomic E-state index is -0.475. The molecule has 0 saturated carbocycles. The molecule has 1 aromatic carbocycles.